The molecule has 0 aliphatic rings. The molecule has 0 bridgehead atoms. The molecule has 0 radical (unpaired) electrons. The molecule has 0 amide bonds. The van der Waals surface area contributed by atoms with E-state index in [2.05, 4.69) is 4.74 Å². The van der Waals surface area contributed by atoms with Crippen molar-refractivity contribution < 1.29 is 9.53 Å². The third kappa shape index (κ3) is 3.57. The highest BCUT2D eigenvalue weighted by atomic mass is 35.5. The van der Waals surface area contributed by atoms with Crippen molar-refractivity contribution in [3.05, 3.63) is 40.4 Å². The van der Waals surface area contributed by atoms with Crippen LogP contribution < -0.4 is 0 Å². The maximum atomic E-state index is 11.2. The fraction of sp³-hybridized carbons (Fsp3) is 0.182. The molecule has 80 valence electrons. The molecule has 0 unspecified atom stereocenters. The van der Waals surface area contributed by atoms with Crippen LogP contribution >= 0.6 is 23.2 Å². The molecule has 15 heavy (non-hydrogen) atoms. The van der Waals surface area contributed by atoms with Crippen molar-refractivity contribution in [3.8, 4) is 0 Å². The van der Waals surface area contributed by atoms with Gasteiger partial charge < -0.3 is 4.74 Å². The van der Waals surface area contributed by atoms with E-state index >= 15 is 0 Å². The second-order valence-corrected chi connectivity index (χ2v) is 3.55. The van der Waals surface area contributed by atoms with Crippen LogP contribution in [0.3, 0.4) is 0 Å². The highest BCUT2D eigenvalue weighted by Crippen LogP contribution is 2.13. The Morgan fingerprint density at radius 1 is 1.40 bits per heavy atom. The van der Waals surface area contributed by atoms with E-state index in [1.165, 1.54) is 7.11 Å². The van der Waals surface area contributed by atoms with Crippen LogP contribution in [0.2, 0.25) is 5.02 Å². The maximum absolute atomic E-state index is 11.2. The highest BCUT2D eigenvalue weighted by molar-refractivity contribution is 6.30. The molecular formula is C11H10Cl2O2. The van der Waals surface area contributed by atoms with Crippen molar-refractivity contribution in [2.45, 2.75) is 0 Å². The van der Waals surface area contributed by atoms with Crippen molar-refractivity contribution in [1.82, 2.24) is 0 Å². The van der Waals surface area contributed by atoms with E-state index in [0.29, 0.717) is 10.6 Å². The Kier molecular flexibility index (Phi) is 4.66. The summed E-state index contributed by atoms with van der Waals surface area (Å²) in [5.41, 5.74) is 1.28. The average molecular weight is 245 g/mol. The molecule has 0 saturated heterocycles. The third-order valence-electron chi connectivity index (χ3n) is 1.80. The van der Waals surface area contributed by atoms with Crippen molar-refractivity contribution in [1.29, 1.82) is 0 Å². The molecule has 0 atom stereocenters. The Morgan fingerprint density at radius 2 is 2.00 bits per heavy atom. The van der Waals surface area contributed by atoms with Gasteiger partial charge in [0.2, 0.25) is 0 Å². The van der Waals surface area contributed by atoms with Crippen LogP contribution in [0.5, 0.6) is 0 Å². The number of benzene rings is 1. The first-order valence-corrected chi connectivity index (χ1v) is 5.19. The second-order valence-electron chi connectivity index (χ2n) is 2.85. The lowest BCUT2D eigenvalue weighted by Crippen LogP contribution is -2.05. The van der Waals surface area contributed by atoms with Crippen molar-refractivity contribution in [2.24, 2.45) is 0 Å². The second kappa shape index (κ2) is 5.79. The maximum Gasteiger partial charge on any atom is 0.334 e. The Hall–Kier alpha value is -0.990. The summed E-state index contributed by atoms with van der Waals surface area (Å²) in [4.78, 5) is 11.2. The largest absolute Gasteiger partial charge is 0.466 e. The molecule has 2 nitrogen and oxygen atoms in total. The summed E-state index contributed by atoms with van der Waals surface area (Å²) in [6, 6.07) is 7.10. The number of carbonyl (C=O) groups is 1. The third-order valence-corrected chi connectivity index (χ3v) is 2.34. The predicted molar refractivity (Wildman–Crippen MR) is 62.2 cm³/mol. The molecule has 0 aliphatic carbocycles. The number of halogens is 2. The van der Waals surface area contributed by atoms with Gasteiger partial charge in [0.1, 0.15) is 0 Å². The summed E-state index contributed by atoms with van der Waals surface area (Å²) in [5, 5.41) is 0.651. The minimum Gasteiger partial charge on any atom is -0.466 e. The fourth-order valence-corrected chi connectivity index (χ4v) is 1.36. The van der Waals surface area contributed by atoms with E-state index < -0.39 is 5.97 Å². The molecule has 0 spiro atoms. The van der Waals surface area contributed by atoms with Gasteiger partial charge in [-0.2, -0.15) is 0 Å². The molecule has 1 aromatic carbocycles. The van der Waals surface area contributed by atoms with Gasteiger partial charge in [-0.3, -0.25) is 0 Å². The monoisotopic (exact) mass is 244 g/mol. The van der Waals surface area contributed by atoms with Crippen LogP contribution in [0.15, 0.2) is 29.8 Å². The van der Waals surface area contributed by atoms with Gasteiger partial charge in [0.05, 0.1) is 18.6 Å². The lowest BCUT2D eigenvalue weighted by atomic mass is 10.1. The molecule has 4 heteroatoms. The zero-order valence-corrected chi connectivity index (χ0v) is 9.68. The number of methoxy groups -OCH3 is 1. The molecular weight excluding hydrogens is 235 g/mol. The molecule has 1 aromatic rings. The first-order chi connectivity index (χ1) is 7.17. The normalized spacial score (nSPS) is 11.3. The zero-order chi connectivity index (χ0) is 11.3. The van der Waals surface area contributed by atoms with E-state index in [1.807, 2.05) is 0 Å². The van der Waals surface area contributed by atoms with Gasteiger partial charge in [-0.15, -0.1) is 11.6 Å². The van der Waals surface area contributed by atoms with Gasteiger partial charge in [0.15, 0.2) is 0 Å². The summed E-state index contributed by atoms with van der Waals surface area (Å²) in [6.07, 6.45) is 1.68. The Balaban J connectivity index is 2.93. The van der Waals surface area contributed by atoms with Crippen LogP contribution in [0.25, 0.3) is 6.08 Å². The number of esters is 1. The molecule has 0 aliphatic heterocycles. The number of alkyl halides is 1. The van der Waals surface area contributed by atoms with Gasteiger partial charge in [-0.05, 0) is 23.8 Å². The van der Waals surface area contributed by atoms with Crippen LogP contribution in [0, 0.1) is 0 Å². The standard InChI is InChI=1S/C11H10Cl2O2/c1-15-11(14)9(7-12)6-8-2-4-10(13)5-3-8/h2-6H,7H2,1H3/b9-6+. The summed E-state index contributed by atoms with van der Waals surface area (Å²) >= 11 is 11.4. The van der Waals surface area contributed by atoms with Crippen LogP contribution in [0.4, 0.5) is 0 Å². The Bertz CT molecular complexity index is 369. The van der Waals surface area contributed by atoms with E-state index in [0.717, 1.165) is 5.56 Å². The SMILES string of the molecule is COC(=O)/C(=C/c1ccc(Cl)cc1)CCl. The predicted octanol–water partition coefficient (Wildman–Crippen LogP) is 3.14. The quantitative estimate of drug-likeness (QED) is 0.464. The van der Waals surface area contributed by atoms with E-state index in [-0.39, 0.29) is 5.88 Å². The summed E-state index contributed by atoms with van der Waals surface area (Å²) in [6.45, 7) is 0. The molecule has 0 saturated carbocycles. The average Bonchev–Trinajstić information content (AvgIpc) is 2.27. The molecule has 0 N–H and O–H groups in total. The van der Waals surface area contributed by atoms with Crippen LogP contribution in [-0.4, -0.2) is 19.0 Å². The molecule has 1 rings (SSSR count). The Labute approximate surface area is 98.4 Å². The van der Waals surface area contributed by atoms with Crippen LogP contribution in [-0.2, 0) is 9.53 Å². The van der Waals surface area contributed by atoms with E-state index in [9.17, 15) is 4.79 Å². The number of rotatable bonds is 3. The topological polar surface area (TPSA) is 26.3 Å². The van der Waals surface area contributed by atoms with Crippen LogP contribution in [0.1, 0.15) is 5.56 Å². The number of hydrogen-bond donors (Lipinski definition) is 0. The first kappa shape index (κ1) is 12.1. The Morgan fingerprint density at radius 3 is 2.47 bits per heavy atom. The van der Waals surface area contributed by atoms with Gasteiger partial charge >= 0.3 is 5.97 Å². The molecule has 0 aromatic heterocycles. The number of hydrogen-bond acceptors (Lipinski definition) is 2. The van der Waals surface area contributed by atoms with Gasteiger partial charge in [-0.1, -0.05) is 23.7 Å². The molecule has 0 fully saturated rings. The minimum atomic E-state index is -0.417. The number of carbonyl (C=O) groups excluding carboxylic acids is 1. The smallest absolute Gasteiger partial charge is 0.334 e. The number of ether oxygens (including phenoxy) is 1. The summed E-state index contributed by atoms with van der Waals surface area (Å²) < 4.78 is 4.58. The fourth-order valence-electron chi connectivity index (χ4n) is 1.04. The van der Waals surface area contributed by atoms with Crippen molar-refractivity contribution in [3.63, 3.8) is 0 Å². The van der Waals surface area contributed by atoms with Crippen molar-refractivity contribution >= 4 is 35.2 Å². The summed E-state index contributed by atoms with van der Waals surface area (Å²) in [5.74, 6) is -0.296. The van der Waals surface area contributed by atoms with E-state index in [1.54, 1.807) is 30.3 Å². The van der Waals surface area contributed by atoms with Gasteiger partial charge in [-0.25, -0.2) is 4.79 Å². The van der Waals surface area contributed by atoms with Gasteiger partial charge in [0, 0.05) is 5.02 Å². The highest BCUT2D eigenvalue weighted by Gasteiger charge is 2.07. The summed E-state index contributed by atoms with van der Waals surface area (Å²) in [7, 11) is 1.32. The van der Waals surface area contributed by atoms with Gasteiger partial charge in [0.25, 0.3) is 0 Å². The molecule has 0 heterocycles. The van der Waals surface area contributed by atoms with E-state index in [4.69, 9.17) is 23.2 Å². The minimum absolute atomic E-state index is 0.120. The lowest BCUT2D eigenvalue weighted by molar-refractivity contribution is -0.135. The first-order valence-electron chi connectivity index (χ1n) is 4.28. The zero-order valence-electron chi connectivity index (χ0n) is 8.17. The van der Waals surface area contributed by atoms with Crippen molar-refractivity contribution in [2.75, 3.05) is 13.0 Å². The lowest BCUT2D eigenvalue weighted by Gasteiger charge is -2.01.